The molecular weight excluding hydrogens is 599 g/mol. The molecule has 0 fully saturated rings. The third kappa shape index (κ3) is 4.57. The highest BCUT2D eigenvalue weighted by Gasteiger charge is 2.21. The number of para-hydroxylation sites is 1. The molecule has 228 valence electrons. The van der Waals surface area contributed by atoms with Gasteiger partial charge in [-0.3, -0.25) is 0 Å². The lowest BCUT2D eigenvalue weighted by atomic mass is 9.90. The van der Waals surface area contributed by atoms with Crippen molar-refractivity contribution < 1.29 is 4.42 Å². The Bertz CT molecular complexity index is 2890. The Morgan fingerprint density at radius 1 is 0.306 bits per heavy atom. The van der Waals surface area contributed by atoms with Gasteiger partial charge in [0, 0.05) is 27.5 Å². The number of nitrogens with zero attached hydrogens (tertiary/aromatic N) is 3. The molecule has 0 atom stereocenters. The summed E-state index contributed by atoms with van der Waals surface area (Å²) in [6.07, 6.45) is 0. The Kier molecular flexibility index (Phi) is 6.15. The predicted octanol–water partition coefficient (Wildman–Crippen LogP) is 11.9. The van der Waals surface area contributed by atoms with Gasteiger partial charge in [0.2, 0.25) is 0 Å². The van der Waals surface area contributed by atoms with Gasteiger partial charge in [-0.2, -0.15) is 0 Å². The van der Waals surface area contributed by atoms with Crippen LogP contribution >= 0.6 is 0 Å². The quantitative estimate of drug-likeness (QED) is 0.183. The number of hydrogen-bond acceptors (Lipinski definition) is 4. The van der Waals surface area contributed by atoms with Gasteiger partial charge in [0.05, 0.1) is 0 Å². The van der Waals surface area contributed by atoms with Gasteiger partial charge in [-0.1, -0.05) is 133 Å². The van der Waals surface area contributed by atoms with Crippen molar-refractivity contribution in [1.82, 2.24) is 15.0 Å². The standard InChI is InChI=1S/C45H27N3O/c1-2-13-29(14-3-1)43-46-44(32-23-22-28-12-4-5-15-30(28)24-32)48-45(47-43)40-27-42-39(36-20-10-11-21-41(36)49-42)26-38(40)37-25-31-16-6-7-17-33(31)34-18-8-9-19-35(34)37/h1-27H. The molecule has 2 aromatic heterocycles. The minimum atomic E-state index is 0.589. The van der Waals surface area contributed by atoms with E-state index in [0.717, 1.165) is 55.1 Å². The molecule has 10 rings (SSSR count). The zero-order valence-corrected chi connectivity index (χ0v) is 26.3. The van der Waals surface area contributed by atoms with Crippen LogP contribution < -0.4 is 0 Å². The summed E-state index contributed by atoms with van der Waals surface area (Å²) >= 11 is 0. The van der Waals surface area contributed by atoms with Crippen molar-refractivity contribution in [2.75, 3.05) is 0 Å². The van der Waals surface area contributed by atoms with E-state index in [1.165, 1.54) is 26.9 Å². The fourth-order valence-corrected chi connectivity index (χ4v) is 7.13. The lowest BCUT2D eigenvalue weighted by Gasteiger charge is -2.16. The van der Waals surface area contributed by atoms with Crippen LogP contribution in [-0.2, 0) is 0 Å². The maximum Gasteiger partial charge on any atom is 0.164 e. The molecule has 0 aliphatic heterocycles. The highest BCUT2D eigenvalue weighted by atomic mass is 16.3. The Morgan fingerprint density at radius 3 is 1.78 bits per heavy atom. The summed E-state index contributed by atoms with van der Waals surface area (Å²) in [5, 5.41) is 9.21. The summed E-state index contributed by atoms with van der Waals surface area (Å²) in [6, 6.07) is 57.0. The van der Waals surface area contributed by atoms with Gasteiger partial charge >= 0.3 is 0 Å². The average Bonchev–Trinajstić information content (AvgIpc) is 3.54. The van der Waals surface area contributed by atoms with Crippen LogP contribution in [0.3, 0.4) is 0 Å². The van der Waals surface area contributed by atoms with Crippen LogP contribution in [-0.4, -0.2) is 15.0 Å². The maximum atomic E-state index is 6.47. The van der Waals surface area contributed by atoms with Gasteiger partial charge < -0.3 is 4.42 Å². The fourth-order valence-electron chi connectivity index (χ4n) is 7.13. The predicted molar refractivity (Wildman–Crippen MR) is 201 cm³/mol. The number of fused-ring (bicyclic) bond motifs is 7. The Labute approximate surface area is 282 Å². The van der Waals surface area contributed by atoms with Crippen LogP contribution in [0.1, 0.15) is 0 Å². The van der Waals surface area contributed by atoms with E-state index in [4.69, 9.17) is 19.4 Å². The normalized spacial score (nSPS) is 11.7. The monoisotopic (exact) mass is 625 g/mol. The molecule has 8 aromatic carbocycles. The number of rotatable bonds is 4. The first-order chi connectivity index (χ1) is 24.3. The van der Waals surface area contributed by atoms with Crippen LogP contribution in [0.5, 0.6) is 0 Å². The molecule has 10 aromatic rings. The van der Waals surface area contributed by atoms with Crippen molar-refractivity contribution in [3.05, 3.63) is 164 Å². The molecule has 0 radical (unpaired) electrons. The summed E-state index contributed by atoms with van der Waals surface area (Å²) in [5.74, 6) is 1.83. The summed E-state index contributed by atoms with van der Waals surface area (Å²) in [7, 11) is 0. The van der Waals surface area contributed by atoms with Crippen molar-refractivity contribution >= 4 is 54.3 Å². The second-order valence-electron chi connectivity index (χ2n) is 12.4. The van der Waals surface area contributed by atoms with E-state index in [1.54, 1.807) is 0 Å². The van der Waals surface area contributed by atoms with E-state index in [1.807, 2.05) is 42.5 Å². The van der Waals surface area contributed by atoms with Gasteiger partial charge in [0.15, 0.2) is 17.5 Å². The number of hydrogen-bond donors (Lipinski definition) is 0. The molecule has 49 heavy (non-hydrogen) atoms. The molecule has 0 saturated carbocycles. The third-order valence-corrected chi connectivity index (χ3v) is 9.49. The maximum absolute atomic E-state index is 6.47. The minimum Gasteiger partial charge on any atom is -0.456 e. The summed E-state index contributed by atoms with van der Waals surface area (Å²) < 4.78 is 6.47. The zero-order valence-electron chi connectivity index (χ0n) is 26.3. The highest BCUT2D eigenvalue weighted by molar-refractivity contribution is 6.16. The molecule has 0 aliphatic rings. The topological polar surface area (TPSA) is 51.8 Å². The van der Waals surface area contributed by atoms with Gasteiger partial charge in [0.1, 0.15) is 11.2 Å². The van der Waals surface area contributed by atoms with Crippen molar-refractivity contribution in [2.45, 2.75) is 0 Å². The molecule has 4 heteroatoms. The lowest BCUT2D eigenvalue weighted by Crippen LogP contribution is -2.01. The Hall–Kier alpha value is -6.65. The van der Waals surface area contributed by atoms with Crippen LogP contribution in [0.2, 0.25) is 0 Å². The first-order valence-corrected chi connectivity index (χ1v) is 16.4. The molecule has 4 nitrogen and oxygen atoms in total. The van der Waals surface area contributed by atoms with E-state index in [0.29, 0.717) is 17.5 Å². The molecule has 0 saturated heterocycles. The smallest absolute Gasteiger partial charge is 0.164 e. The van der Waals surface area contributed by atoms with Gasteiger partial charge in [-0.15, -0.1) is 0 Å². The summed E-state index contributed by atoms with van der Waals surface area (Å²) in [5.41, 5.74) is 6.54. The molecule has 2 heterocycles. The molecule has 0 N–H and O–H groups in total. The largest absolute Gasteiger partial charge is 0.456 e. The second-order valence-corrected chi connectivity index (χ2v) is 12.4. The minimum absolute atomic E-state index is 0.589. The summed E-state index contributed by atoms with van der Waals surface area (Å²) in [6.45, 7) is 0. The first kappa shape index (κ1) is 27.5. The van der Waals surface area contributed by atoms with Crippen molar-refractivity contribution in [1.29, 1.82) is 0 Å². The molecule has 0 aliphatic carbocycles. The molecule has 0 spiro atoms. The van der Waals surface area contributed by atoms with Crippen LogP contribution in [0, 0.1) is 0 Å². The van der Waals surface area contributed by atoms with Gasteiger partial charge in [-0.05, 0) is 73.8 Å². The van der Waals surface area contributed by atoms with Crippen LogP contribution in [0.15, 0.2) is 168 Å². The van der Waals surface area contributed by atoms with E-state index in [-0.39, 0.29) is 0 Å². The van der Waals surface area contributed by atoms with E-state index < -0.39 is 0 Å². The first-order valence-electron chi connectivity index (χ1n) is 16.4. The van der Waals surface area contributed by atoms with Crippen molar-refractivity contribution in [2.24, 2.45) is 0 Å². The molecular formula is C45H27N3O. The van der Waals surface area contributed by atoms with Gasteiger partial charge in [0.25, 0.3) is 0 Å². The SMILES string of the molecule is c1ccc(-c2nc(-c3ccc4ccccc4c3)nc(-c3cc4oc5ccccc5c4cc3-c3cc4ccccc4c4ccccc34)n2)cc1. The van der Waals surface area contributed by atoms with E-state index in [2.05, 4.69) is 121 Å². The van der Waals surface area contributed by atoms with Crippen molar-refractivity contribution in [3.8, 4) is 45.3 Å². The number of benzene rings is 8. The lowest BCUT2D eigenvalue weighted by molar-refractivity contribution is 0.669. The third-order valence-electron chi connectivity index (χ3n) is 9.49. The van der Waals surface area contributed by atoms with Crippen LogP contribution in [0.25, 0.3) is 99.5 Å². The Balaban J connectivity index is 1.31. The number of aromatic nitrogens is 3. The fraction of sp³-hybridized carbons (Fsp3) is 0. The van der Waals surface area contributed by atoms with Crippen molar-refractivity contribution in [3.63, 3.8) is 0 Å². The van der Waals surface area contributed by atoms with E-state index in [9.17, 15) is 0 Å². The summed E-state index contributed by atoms with van der Waals surface area (Å²) in [4.78, 5) is 15.5. The Morgan fingerprint density at radius 2 is 0.939 bits per heavy atom. The second kappa shape index (κ2) is 11.0. The molecule has 0 bridgehead atoms. The van der Waals surface area contributed by atoms with Crippen LogP contribution in [0.4, 0.5) is 0 Å². The van der Waals surface area contributed by atoms with E-state index >= 15 is 0 Å². The highest BCUT2D eigenvalue weighted by Crippen LogP contribution is 2.43. The average molecular weight is 626 g/mol. The van der Waals surface area contributed by atoms with Gasteiger partial charge in [-0.25, -0.2) is 15.0 Å². The number of furan rings is 1. The zero-order chi connectivity index (χ0) is 32.3. The molecule has 0 unspecified atom stereocenters. The molecule has 0 amide bonds.